The van der Waals surface area contributed by atoms with E-state index in [4.69, 9.17) is 17.3 Å². The second kappa shape index (κ2) is 3.32. The average Bonchev–Trinajstić information content (AvgIpc) is 2.45. The van der Waals surface area contributed by atoms with Gasteiger partial charge in [-0.3, -0.25) is 0 Å². The quantitative estimate of drug-likeness (QED) is 0.721. The first-order valence-corrected chi connectivity index (χ1v) is 5.86. The van der Waals surface area contributed by atoms with Gasteiger partial charge in [0.1, 0.15) is 0 Å². The molecule has 0 saturated heterocycles. The molecule has 0 aliphatic carbocycles. The third kappa shape index (κ3) is 1.79. The van der Waals surface area contributed by atoms with E-state index in [9.17, 15) is 0 Å². The molecule has 0 atom stereocenters. The molecule has 2 aromatic heterocycles. The van der Waals surface area contributed by atoms with Gasteiger partial charge < -0.3 is 5.73 Å². The molecule has 0 unspecified atom stereocenters. The summed E-state index contributed by atoms with van der Waals surface area (Å²) in [6.07, 6.45) is 0. The summed E-state index contributed by atoms with van der Waals surface area (Å²) in [4.78, 5) is 8.20. The third-order valence-electron chi connectivity index (χ3n) is 2.20. The smallest absolute Gasteiger partial charge is 0.222 e. The lowest BCUT2D eigenvalue weighted by Crippen LogP contribution is -2.10. The Morgan fingerprint density at radius 1 is 1.33 bits per heavy atom. The molecule has 0 aliphatic rings. The highest BCUT2D eigenvalue weighted by atomic mass is 35.5. The molecule has 80 valence electrons. The molecule has 5 heteroatoms. The van der Waals surface area contributed by atoms with Crippen LogP contribution in [0.3, 0.4) is 0 Å². The zero-order valence-electron chi connectivity index (χ0n) is 8.84. The van der Waals surface area contributed by atoms with Gasteiger partial charge in [0.25, 0.3) is 0 Å². The van der Waals surface area contributed by atoms with Crippen LogP contribution >= 0.6 is 22.9 Å². The Bertz CT molecular complexity index is 513. The molecular formula is C10H12ClN3S. The van der Waals surface area contributed by atoms with Gasteiger partial charge in [0.2, 0.25) is 5.95 Å². The van der Waals surface area contributed by atoms with Crippen LogP contribution in [0.15, 0.2) is 5.38 Å². The fourth-order valence-corrected chi connectivity index (χ4v) is 2.85. The van der Waals surface area contributed by atoms with Gasteiger partial charge >= 0.3 is 0 Å². The van der Waals surface area contributed by atoms with Crippen LogP contribution < -0.4 is 5.73 Å². The van der Waals surface area contributed by atoms with Crippen LogP contribution in [0.2, 0.25) is 5.15 Å². The summed E-state index contributed by atoms with van der Waals surface area (Å²) < 4.78 is 0.913. The molecule has 0 saturated carbocycles. The van der Waals surface area contributed by atoms with E-state index >= 15 is 0 Å². The van der Waals surface area contributed by atoms with Gasteiger partial charge in [-0.25, -0.2) is 4.98 Å². The molecular weight excluding hydrogens is 230 g/mol. The minimum absolute atomic E-state index is 0.0440. The lowest BCUT2D eigenvalue weighted by atomic mass is 9.88. The van der Waals surface area contributed by atoms with Gasteiger partial charge in [-0.05, 0) is 16.4 Å². The molecule has 2 aromatic rings. The molecule has 3 nitrogen and oxygen atoms in total. The number of thiophene rings is 1. The van der Waals surface area contributed by atoms with Crippen molar-refractivity contribution in [2.24, 2.45) is 0 Å². The molecule has 0 spiro atoms. The minimum atomic E-state index is 0.0440. The molecule has 0 aromatic carbocycles. The zero-order chi connectivity index (χ0) is 11.2. The maximum Gasteiger partial charge on any atom is 0.222 e. The Morgan fingerprint density at radius 3 is 2.60 bits per heavy atom. The van der Waals surface area contributed by atoms with Crippen LogP contribution in [-0.2, 0) is 5.41 Å². The first-order chi connectivity index (χ1) is 6.89. The van der Waals surface area contributed by atoms with Gasteiger partial charge in [-0.15, -0.1) is 11.3 Å². The van der Waals surface area contributed by atoms with Gasteiger partial charge in [0.05, 0.1) is 10.2 Å². The van der Waals surface area contributed by atoms with E-state index in [1.54, 1.807) is 11.3 Å². The van der Waals surface area contributed by atoms with Crippen LogP contribution in [-0.4, -0.2) is 9.97 Å². The summed E-state index contributed by atoms with van der Waals surface area (Å²) in [5.74, 6) is 0.233. The maximum absolute atomic E-state index is 6.01. The number of nitrogens with zero attached hydrogens (tertiary/aromatic N) is 2. The van der Waals surface area contributed by atoms with Crippen molar-refractivity contribution in [2.45, 2.75) is 26.2 Å². The van der Waals surface area contributed by atoms with Crippen molar-refractivity contribution in [3.05, 3.63) is 16.1 Å². The van der Waals surface area contributed by atoms with E-state index in [1.165, 1.54) is 5.56 Å². The van der Waals surface area contributed by atoms with Crippen molar-refractivity contribution < 1.29 is 0 Å². The van der Waals surface area contributed by atoms with E-state index in [0.717, 1.165) is 10.2 Å². The highest BCUT2D eigenvalue weighted by Crippen LogP contribution is 2.36. The second-order valence-electron chi connectivity index (χ2n) is 4.45. The van der Waals surface area contributed by atoms with E-state index < -0.39 is 0 Å². The van der Waals surface area contributed by atoms with Crippen LogP contribution in [0, 0.1) is 0 Å². The van der Waals surface area contributed by atoms with Crippen LogP contribution in [0.4, 0.5) is 5.95 Å². The van der Waals surface area contributed by atoms with Crippen LogP contribution in [0.25, 0.3) is 10.2 Å². The van der Waals surface area contributed by atoms with E-state index in [2.05, 4.69) is 36.1 Å². The third-order valence-corrected chi connectivity index (χ3v) is 3.56. The van der Waals surface area contributed by atoms with Gasteiger partial charge in [0.15, 0.2) is 5.15 Å². The highest BCUT2D eigenvalue weighted by molar-refractivity contribution is 7.18. The number of rotatable bonds is 0. The van der Waals surface area contributed by atoms with Crippen molar-refractivity contribution in [1.82, 2.24) is 9.97 Å². The zero-order valence-corrected chi connectivity index (χ0v) is 10.4. The summed E-state index contributed by atoms with van der Waals surface area (Å²) in [5, 5.41) is 2.52. The highest BCUT2D eigenvalue weighted by Gasteiger charge is 2.21. The molecule has 15 heavy (non-hydrogen) atoms. The van der Waals surface area contributed by atoms with Crippen molar-refractivity contribution in [2.75, 3.05) is 5.73 Å². The molecule has 0 fully saturated rings. The maximum atomic E-state index is 6.01. The number of hydrogen-bond donors (Lipinski definition) is 1. The lowest BCUT2D eigenvalue weighted by molar-refractivity contribution is 0.596. The Balaban J connectivity index is 2.80. The first-order valence-electron chi connectivity index (χ1n) is 4.60. The van der Waals surface area contributed by atoms with E-state index in [0.29, 0.717) is 5.15 Å². The summed E-state index contributed by atoms with van der Waals surface area (Å²) in [6.45, 7) is 6.42. The molecule has 0 aliphatic heterocycles. The summed E-state index contributed by atoms with van der Waals surface area (Å²) >= 11 is 7.57. The normalized spacial score (nSPS) is 12.3. The second-order valence-corrected chi connectivity index (χ2v) is 5.69. The van der Waals surface area contributed by atoms with Crippen molar-refractivity contribution in [3.8, 4) is 0 Å². The predicted octanol–water partition coefficient (Wildman–Crippen LogP) is 3.22. The number of anilines is 1. The monoisotopic (exact) mass is 241 g/mol. The number of fused-ring (bicyclic) bond motifs is 1. The van der Waals surface area contributed by atoms with Gasteiger partial charge in [-0.2, -0.15) is 4.98 Å². The predicted molar refractivity (Wildman–Crippen MR) is 65.5 cm³/mol. The van der Waals surface area contributed by atoms with Gasteiger partial charge in [0, 0.05) is 0 Å². The fraction of sp³-hybridized carbons (Fsp3) is 0.400. The van der Waals surface area contributed by atoms with Gasteiger partial charge in [-0.1, -0.05) is 32.4 Å². The Morgan fingerprint density at radius 2 is 2.00 bits per heavy atom. The number of hydrogen-bond acceptors (Lipinski definition) is 4. The topological polar surface area (TPSA) is 51.8 Å². The number of nitrogens with two attached hydrogens (primary N) is 1. The fourth-order valence-electron chi connectivity index (χ4n) is 1.43. The van der Waals surface area contributed by atoms with Crippen molar-refractivity contribution in [1.29, 1.82) is 0 Å². The van der Waals surface area contributed by atoms with E-state index in [-0.39, 0.29) is 11.4 Å². The largest absolute Gasteiger partial charge is 0.368 e. The van der Waals surface area contributed by atoms with E-state index in [1.807, 2.05) is 0 Å². The number of halogens is 1. The number of nitrogen functional groups attached to an aromatic ring is 1. The molecule has 0 amide bonds. The summed E-state index contributed by atoms with van der Waals surface area (Å²) in [5.41, 5.74) is 7.68. The Hall–Kier alpha value is -0.870. The standard InChI is InChI=1S/C10H12ClN3S/c1-10(2,3)5-4-15-7-6(5)13-9(12)14-8(7)11/h4H,1-3H3,(H2,12,13,14). The SMILES string of the molecule is CC(C)(C)c1csc2c(Cl)nc(N)nc12. The molecule has 0 radical (unpaired) electrons. The molecule has 2 rings (SSSR count). The summed E-state index contributed by atoms with van der Waals surface area (Å²) in [7, 11) is 0. The minimum Gasteiger partial charge on any atom is -0.368 e. The van der Waals surface area contributed by atoms with Crippen LogP contribution in [0.5, 0.6) is 0 Å². The van der Waals surface area contributed by atoms with Crippen molar-refractivity contribution >= 4 is 39.1 Å². The molecule has 2 N–H and O–H groups in total. The molecule has 2 heterocycles. The first kappa shape index (κ1) is 10.6. The van der Waals surface area contributed by atoms with Crippen molar-refractivity contribution in [3.63, 3.8) is 0 Å². The lowest BCUT2D eigenvalue weighted by Gasteiger charge is -2.16. The average molecular weight is 242 g/mol. The Kier molecular flexibility index (Phi) is 2.35. The Labute approximate surface area is 97.3 Å². The van der Waals surface area contributed by atoms with Crippen LogP contribution in [0.1, 0.15) is 26.3 Å². The summed E-state index contributed by atoms with van der Waals surface area (Å²) in [6, 6.07) is 0. The molecule has 0 bridgehead atoms. The number of aromatic nitrogens is 2.